The zero-order valence-electron chi connectivity index (χ0n) is 23.8. The van der Waals surface area contributed by atoms with Gasteiger partial charge in [0.2, 0.25) is 11.8 Å². The zero-order valence-corrected chi connectivity index (χ0v) is 23.8. The van der Waals surface area contributed by atoms with Crippen molar-refractivity contribution in [1.82, 2.24) is 14.7 Å². The number of hydrogen-bond acceptors (Lipinski definition) is 3. The highest BCUT2D eigenvalue weighted by Crippen LogP contribution is 2.48. The van der Waals surface area contributed by atoms with E-state index in [1.54, 1.807) is 9.58 Å². The minimum atomic E-state index is -0.228. The van der Waals surface area contributed by atoms with Crippen LogP contribution in [0, 0.1) is 12.8 Å². The van der Waals surface area contributed by atoms with Crippen LogP contribution in [0.5, 0.6) is 0 Å². The van der Waals surface area contributed by atoms with E-state index in [1.807, 2.05) is 73.7 Å². The smallest absolute Gasteiger partial charge is 0.245 e. The van der Waals surface area contributed by atoms with Crippen molar-refractivity contribution in [2.45, 2.75) is 51.9 Å². The van der Waals surface area contributed by atoms with Gasteiger partial charge in [0.05, 0.1) is 17.9 Å². The number of carbonyl (C=O) groups is 2. The van der Waals surface area contributed by atoms with Gasteiger partial charge in [0.1, 0.15) is 5.82 Å². The van der Waals surface area contributed by atoms with E-state index in [0.29, 0.717) is 18.8 Å². The van der Waals surface area contributed by atoms with Gasteiger partial charge in [0.25, 0.3) is 0 Å². The Morgan fingerprint density at radius 1 is 0.950 bits per heavy atom. The van der Waals surface area contributed by atoms with Crippen molar-refractivity contribution in [3.63, 3.8) is 0 Å². The second-order valence-electron chi connectivity index (χ2n) is 11.8. The highest BCUT2D eigenvalue weighted by atomic mass is 16.2. The average molecular weight is 535 g/mol. The first kappa shape index (κ1) is 27.4. The van der Waals surface area contributed by atoms with Crippen molar-refractivity contribution in [2.24, 2.45) is 5.92 Å². The SMILES string of the molecule is Cc1ccccc1-n1nc(C(C)(C)C)cc1NC(=O)CN(CCc1ccccc1)C(=O)[C@@H]1C[C@H]1c1ccccc1. The van der Waals surface area contributed by atoms with Gasteiger partial charge in [-0.05, 0) is 48.4 Å². The molecule has 1 fully saturated rings. The fourth-order valence-corrected chi connectivity index (χ4v) is 5.12. The molecule has 3 aromatic carbocycles. The molecule has 0 unspecified atom stereocenters. The van der Waals surface area contributed by atoms with Gasteiger partial charge < -0.3 is 10.2 Å². The Morgan fingerprint density at radius 3 is 2.27 bits per heavy atom. The van der Waals surface area contributed by atoms with Gasteiger partial charge in [0.15, 0.2) is 0 Å². The fourth-order valence-electron chi connectivity index (χ4n) is 5.12. The van der Waals surface area contributed by atoms with E-state index in [4.69, 9.17) is 5.10 Å². The number of hydrogen-bond donors (Lipinski definition) is 1. The number of nitrogens with zero attached hydrogens (tertiary/aromatic N) is 3. The van der Waals surface area contributed by atoms with Crippen molar-refractivity contribution >= 4 is 17.6 Å². The Morgan fingerprint density at radius 2 is 1.60 bits per heavy atom. The van der Waals surface area contributed by atoms with Crippen molar-refractivity contribution in [2.75, 3.05) is 18.4 Å². The summed E-state index contributed by atoms with van der Waals surface area (Å²) in [4.78, 5) is 28.9. The minimum Gasteiger partial charge on any atom is -0.333 e. The molecule has 5 rings (SSSR count). The summed E-state index contributed by atoms with van der Waals surface area (Å²) in [7, 11) is 0. The molecule has 6 heteroatoms. The van der Waals surface area contributed by atoms with E-state index in [9.17, 15) is 9.59 Å². The molecule has 1 heterocycles. The third-order valence-electron chi connectivity index (χ3n) is 7.58. The molecule has 2 atom stereocenters. The maximum absolute atomic E-state index is 13.7. The van der Waals surface area contributed by atoms with Gasteiger partial charge in [-0.2, -0.15) is 5.10 Å². The summed E-state index contributed by atoms with van der Waals surface area (Å²) >= 11 is 0. The maximum atomic E-state index is 13.7. The summed E-state index contributed by atoms with van der Waals surface area (Å²) < 4.78 is 1.80. The number of rotatable bonds is 9. The summed E-state index contributed by atoms with van der Waals surface area (Å²) in [6, 6.07) is 30.2. The van der Waals surface area contributed by atoms with Crippen LogP contribution in [0.3, 0.4) is 0 Å². The minimum absolute atomic E-state index is 0.00647. The molecule has 0 bridgehead atoms. The van der Waals surface area contributed by atoms with E-state index in [2.05, 4.69) is 50.4 Å². The van der Waals surface area contributed by atoms with Crippen LogP contribution in [0.25, 0.3) is 5.69 Å². The number of benzene rings is 3. The highest BCUT2D eigenvalue weighted by Gasteiger charge is 2.45. The molecule has 1 saturated carbocycles. The summed E-state index contributed by atoms with van der Waals surface area (Å²) in [5.74, 6) is 0.549. The van der Waals surface area contributed by atoms with Crippen LogP contribution in [-0.4, -0.2) is 39.6 Å². The number of amides is 2. The molecule has 0 radical (unpaired) electrons. The van der Waals surface area contributed by atoms with Crippen LogP contribution >= 0.6 is 0 Å². The summed E-state index contributed by atoms with van der Waals surface area (Å²) in [5, 5.41) is 7.94. The lowest BCUT2D eigenvalue weighted by molar-refractivity contribution is -0.135. The fraction of sp³-hybridized carbons (Fsp3) is 0.324. The van der Waals surface area contributed by atoms with Crippen LogP contribution in [0.1, 0.15) is 55.5 Å². The van der Waals surface area contributed by atoms with E-state index in [-0.39, 0.29) is 35.6 Å². The number of aryl methyl sites for hydroxylation is 1. The van der Waals surface area contributed by atoms with Crippen LogP contribution < -0.4 is 5.32 Å². The first-order chi connectivity index (χ1) is 19.2. The van der Waals surface area contributed by atoms with Crippen LogP contribution in [0.2, 0.25) is 0 Å². The Labute approximate surface area is 237 Å². The zero-order chi connectivity index (χ0) is 28.3. The second kappa shape index (κ2) is 11.5. The van der Waals surface area contributed by atoms with E-state index in [1.165, 1.54) is 5.56 Å². The molecule has 1 aliphatic rings. The first-order valence-electron chi connectivity index (χ1n) is 14.0. The van der Waals surface area contributed by atoms with E-state index < -0.39 is 0 Å². The number of anilines is 1. The molecule has 6 nitrogen and oxygen atoms in total. The van der Waals surface area contributed by atoms with E-state index >= 15 is 0 Å². The number of para-hydroxylation sites is 1. The molecule has 1 aliphatic carbocycles. The molecule has 206 valence electrons. The van der Waals surface area contributed by atoms with Gasteiger partial charge in [-0.1, -0.05) is 99.6 Å². The Hall–Kier alpha value is -4.19. The lowest BCUT2D eigenvalue weighted by Gasteiger charge is -2.23. The van der Waals surface area contributed by atoms with Crippen molar-refractivity contribution in [1.29, 1.82) is 0 Å². The number of aromatic nitrogens is 2. The Kier molecular flexibility index (Phi) is 7.88. The Bertz CT molecular complexity index is 1470. The van der Waals surface area contributed by atoms with Crippen LogP contribution in [0.4, 0.5) is 5.82 Å². The molecule has 0 spiro atoms. The van der Waals surface area contributed by atoms with Gasteiger partial charge >= 0.3 is 0 Å². The largest absolute Gasteiger partial charge is 0.333 e. The molecule has 1 aromatic heterocycles. The third-order valence-corrected chi connectivity index (χ3v) is 7.58. The molecule has 0 aliphatic heterocycles. The predicted molar refractivity (Wildman–Crippen MR) is 160 cm³/mol. The molecule has 1 N–H and O–H groups in total. The average Bonchev–Trinajstić information content (AvgIpc) is 3.64. The standard InChI is InChI=1S/C34H38N4O2/c1-24-13-11-12-18-29(24)38-31(22-30(36-38)34(2,3)4)35-32(39)23-37(20-19-25-14-7-5-8-15-25)33(40)28-21-27(28)26-16-9-6-10-17-26/h5-18,22,27-28H,19-21,23H2,1-4H3,(H,35,39)/t27-,28+/m0/s1. The topological polar surface area (TPSA) is 67.2 Å². The van der Waals surface area contributed by atoms with Crippen molar-refractivity contribution < 1.29 is 9.59 Å². The van der Waals surface area contributed by atoms with Crippen molar-refractivity contribution in [3.8, 4) is 5.69 Å². The maximum Gasteiger partial charge on any atom is 0.245 e. The lowest BCUT2D eigenvalue weighted by Crippen LogP contribution is -2.40. The van der Waals surface area contributed by atoms with Gasteiger partial charge in [0, 0.05) is 23.9 Å². The van der Waals surface area contributed by atoms with Crippen LogP contribution in [-0.2, 0) is 21.4 Å². The lowest BCUT2D eigenvalue weighted by atomic mass is 9.92. The summed E-state index contributed by atoms with van der Waals surface area (Å²) in [6.45, 7) is 8.82. The normalized spacial score (nSPS) is 16.4. The van der Waals surface area contributed by atoms with Gasteiger partial charge in [-0.3, -0.25) is 9.59 Å². The number of nitrogens with one attached hydrogen (secondary N) is 1. The quantitative estimate of drug-likeness (QED) is 0.274. The Balaban J connectivity index is 1.36. The molecule has 4 aromatic rings. The molecule has 40 heavy (non-hydrogen) atoms. The summed E-state index contributed by atoms with van der Waals surface area (Å²) in [5.41, 5.74) is 4.99. The molecular weight excluding hydrogens is 496 g/mol. The molecule has 2 amide bonds. The molecule has 0 saturated heterocycles. The highest BCUT2D eigenvalue weighted by molar-refractivity contribution is 5.95. The predicted octanol–water partition coefficient (Wildman–Crippen LogP) is 6.29. The monoisotopic (exact) mass is 534 g/mol. The third kappa shape index (κ3) is 6.33. The van der Waals surface area contributed by atoms with E-state index in [0.717, 1.165) is 28.9 Å². The van der Waals surface area contributed by atoms with Gasteiger partial charge in [-0.25, -0.2) is 4.68 Å². The second-order valence-corrected chi connectivity index (χ2v) is 11.8. The summed E-state index contributed by atoms with van der Waals surface area (Å²) in [6.07, 6.45) is 1.51. The first-order valence-corrected chi connectivity index (χ1v) is 14.0. The van der Waals surface area contributed by atoms with Crippen molar-refractivity contribution in [3.05, 3.63) is 113 Å². The number of carbonyl (C=O) groups excluding carboxylic acids is 2. The van der Waals surface area contributed by atoms with Gasteiger partial charge in [-0.15, -0.1) is 0 Å². The molecular formula is C34H38N4O2. The van der Waals surface area contributed by atoms with Crippen LogP contribution in [0.15, 0.2) is 91.0 Å².